The van der Waals surface area contributed by atoms with Gasteiger partial charge < -0.3 is 9.47 Å². The van der Waals surface area contributed by atoms with Crippen LogP contribution in [0, 0.1) is 5.92 Å². The highest BCUT2D eigenvalue weighted by molar-refractivity contribution is 5.72. The first-order chi connectivity index (χ1) is 8.00. The van der Waals surface area contributed by atoms with E-state index in [9.17, 15) is 4.79 Å². The van der Waals surface area contributed by atoms with Crippen molar-refractivity contribution in [3.05, 3.63) is 0 Å². The number of hydrogen-bond acceptors (Lipinski definition) is 4. The van der Waals surface area contributed by atoms with Gasteiger partial charge in [0.1, 0.15) is 0 Å². The molecule has 17 heavy (non-hydrogen) atoms. The number of hydrogen-bond donors (Lipinski definition) is 0. The van der Waals surface area contributed by atoms with Crippen molar-refractivity contribution in [2.45, 2.75) is 44.8 Å². The standard InChI is InChI=1S/C13H23NO3/c1-13(2)6-4-11(17-13)9-14-7-5-10(8-14)12(15)16-3/h10-11H,4-9H2,1-3H3. The van der Waals surface area contributed by atoms with Crippen molar-refractivity contribution in [1.29, 1.82) is 0 Å². The summed E-state index contributed by atoms with van der Waals surface area (Å²) in [6.45, 7) is 7.06. The number of methoxy groups -OCH3 is 1. The van der Waals surface area contributed by atoms with Gasteiger partial charge in [0.2, 0.25) is 0 Å². The molecular weight excluding hydrogens is 218 g/mol. The zero-order valence-corrected chi connectivity index (χ0v) is 11.1. The van der Waals surface area contributed by atoms with Crippen molar-refractivity contribution in [3.8, 4) is 0 Å². The molecule has 2 unspecified atom stereocenters. The fraction of sp³-hybridized carbons (Fsp3) is 0.923. The summed E-state index contributed by atoms with van der Waals surface area (Å²) in [5.41, 5.74) is 0.0339. The molecule has 0 radical (unpaired) electrons. The van der Waals surface area contributed by atoms with Crippen molar-refractivity contribution < 1.29 is 14.3 Å². The van der Waals surface area contributed by atoms with Crippen LogP contribution < -0.4 is 0 Å². The molecule has 2 aliphatic rings. The van der Waals surface area contributed by atoms with Gasteiger partial charge in [-0.25, -0.2) is 0 Å². The topological polar surface area (TPSA) is 38.8 Å². The Labute approximate surface area is 103 Å². The number of esters is 1. The van der Waals surface area contributed by atoms with Gasteiger partial charge in [-0.3, -0.25) is 9.69 Å². The average Bonchev–Trinajstić information content (AvgIpc) is 2.85. The van der Waals surface area contributed by atoms with Gasteiger partial charge in [-0.05, 0) is 39.7 Å². The van der Waals surface area contributed by atoms with Gasteiger partial charge >= 0.3 is 5.97 Å². The number of ether oxygens (including phenoxy) is 2. The van der Waals surface area contributed by atoms with Crippen LogP contribution in [0.25, 0.3) is 0 Å². The molecule has 2 heterocycles. The fourth-order valence-corrected chi connectivity index (χ4v) is 2.85. The van der Waals surface area contributed by atoms with Crippen LogP contribution in [0.15, 0.2) is 0 Å². The number of likely N-dealkylation sites (tertiary alicyclic amines) is 1. The minimum absolute atomic E-state index is 0.0339. The summed E-state index contributed by atoms with van der Waals surface area (Å²) < 4.78 is 10.8. The van der Waals surface area contributed by atoms with Crippen LogP contribution in [0.3, 0.4) is 0 Å². The van der Waals surface area contributed by atoms with Crippen molar-refractivity contribution in [1.82, 2.24) is 4.90 Å². The number of carbonyl (C=O) groups excluding carboxylic acids is 1. The normalized spacial score (nSPS) is 32.9. The molecule has 2 aliphatic heterocycles. The molecule has 0 aromatic rings. The van der Waals surface area contributed by atoms with E-state index in [1.807, 2.05) is 0 Å². The Kier molecular flexibility index (Phi) is 3.73. The van der Waals surface area contributed by atoms with Gasteiger partial charge in [0.15, 0.2) is 0 Å². The van der Waals surface area contributed by atoms with E-state index >= 15 is 0 Å². The van der Waals surface area contributed by atoms with E-state index in [0.717, 1.165) is 38.9 Å². The highest BCUT2D eigenvalue weighted by Crippen LogP contribution is 2.30. The predicted molar refractivity (Wildman–Crippen MR) is 64.7 cm³/mol. The van der Waals surface area contributed by atoms with E-state index in [0.29, 0.717) is 6.10 Å². The number of rotatable bonds is 3. The summed E-state index contributed by atoms with van der Waals surface area (Å²) in [5, 5.41) is 0. The maximum absolute atomic E-state index is 11.4. The van der Waals surface area contributed by atoms with Crippen LogP contribution in [-0.4, -0.2) is 49.3 Å². The molecule has 4 heteroatoms. The number of nitrogens with zero attached hydrogens (tertiary/aromatic N) is 1. The van der Waals surface area contributed by atoms with E-state index in [4.69, 9.17) is 9.47 Å². The second-order valence-electron chi connectivity index (χ2n) is 5.81. The summed E-state index contributed by atoms with van der Waals surface area (Å²) in [5.74, 6) is -0.00502. The van der Waals surface area contributed by atoms with Crippen LogP contribution in [0.1, 0.15) is 33.1 Å². The predicted octanol–water partition coefficient (Wildman–Crippen LogP) is 1.44. The van der Waals surface area contributed by atoms with Crippen LogP contribution >= 0.6 is 0 Å². The molecule has 0 saturated carbocycles. The van der Waals surface area contributed by atoms with Gasteiger partial charge in [-0.1, -0.05) is 0 Å². The van der Waals surface area contributed by atoms with E-state index in [2.05, 4.69) is 18.7 Å². The van der Waals surface area contributed by atoms with Crippen molar-refractivity contribution in [2.75, 3.05) is 26.7 Å². The molecule has 0 spiro atoms. The first kappa shape index (κ1) is 12.8. The Balaban J connectivity index is 1.77. The van der Waals surface area contributed by atoms with Gasteiger partial charge in [-0.15, -0.1) is 0 Å². The summed E-state index contributed by atoms with van der Waals surface area (Å²) in [6.07, 6.45) is 3.52. The molecule has 0 N–H and O–H groups in total. The lowest BCUT2D eigenvalue weighted by Crippen LogP contribution is -2.33. The third-order valence-corrected chi connectivity index (χ3v) is 3.82. The van der Waals surface area contributed by atoms with E-state index in [1.54, 1.807) is 0 Å². The first-order valence-corrected chi connectivity index (χ1v) is 6.48. The molecule has 2 fully saturated rings. The lowest BCUT2D eigenvalue weighted by atomic mass is 10.1. The third-order valence-electron chi connectivity index (χ3n) is 3.82. The molecule has 0 amide bonds. The molecule has 2 rings (SSSR count). The molecular formula is C13H23NO3. The molecule has 98 valence electrons. The largest absolute Gasteiger partial charge is 0.469 e. The molecule has 0 aliphatic carbocycles. The highest BCUT2D eigenvalue weighted by Gasteiger charge is 2.35. The second kappa shape index (κ2) is 4.94. The maximum atomic E-state index is 11.4. The summed E-state index contributed by atoms with van der Waals surface area (Å²) >= 11 is 0. The molecule has 4 nitrogen and oxygen atoms in total. The summed E-state index contributed by atoms with van der Waals surface area (Å²) in [4.78, 5) is 13.7. The van der Waals surface area contributed by atoms with Crippen molar-refractivity contribution in [2.24, 2.45) is 5.92 Å². The second-order valence-corrected chi connectivity index (χ2v) is 5.81. The lowest BCUT2D eigenvalue weighted by Gasteiger charge is -2.23. The monoisotopic (exact) mass is 241 g/mol. The van der Waals surface area contributed by atoms with E-state index in [1.165, 1.54) is 7.11 Å². The molecule has 0 bridgehead atoms. The average molecular weight is 241 g/mol. The minimum Gasteiger partial charge on any atom is -0.469 e. The van der Waals surface area contributed by atoms with Gasteiger partial charge in [0.05, 0.1) is 24.7 Å². The Morgan fingerprint density at radius 2 is 2.24 bits per heavy atom. The Morgan fingerprint density at radius 3 is 2.82 bits per heavy atom. The minimum atomic E-state index is -0.0693. The van der Waals surface area contributed by atoms with Gasteiger partial charge in [0.25, 0.3) is 0 Å². The quantitative estimate of drug-likeness (QED) is 0.701. The summed E-state index contributed by atoms with van der Waals surface area (Å²) in [6, 6.07) is 0. The van der Waals surface area contributed by atoms with Crippen LogP contribution in [-0.2, 0) is 14.3 Å². The molecule has 2 atom stereocenters. The van der Waals surface area contributed by atoms with E-state index in [-0.39, 0.29) is 17.5 Å². The Bertz CT molecular complexity index is 290. The van der Waals surface area contributed by atoms with Gasteiger partial charge in [0, 0.05) is 13.1 Å². The number of carbonyl (C=O) groups is 1. The van der Waals surface area contributed by atoms with Crippen molar-refractivity contribution >= 4 is 5.97 Å². The van der Waals surface area contributed by atoms with Crippen LogP contribution in [0.4, 0.5) is 0 Å². The zero-order valence-electron chi connectivity index (χ0n) is 11.1. The fourth-order valence-electron chi connectivity index (χ4n) is 2.85. The first-order valence-electron chi connectivity index (χ1n) is 6.48. The molecule has 2 saturated heterocycles. The van der Waals surface area contributed by atoms with Crippen molar-refractivity contribution in [3.63, 3.8) is 0 Å². The van der Waals surface area contributed by atoms with Gasteiger partial charge in [-0.2, -0.15) is 0 Å². The van der Waals surface area contributed by atoms with E-state index < -0.39 is 0 Å². The molecule has 0 aromatic heterocycles. The summed E-state index contributed by atoms with van der Waals surface area (Å²) in [7, 11) is 1.47. The lowest BCUT2D eigenvalue weighted by molar-refractivity contribution is -0.145. The Hall–Kier alpha value is -0.610. The third kappa shape index (κ3) is 3.19. The smallest absolute Gasteiger partial charge is 0.310 e. The van der Waals surface area contributed by atoms with Crippen LogP contribution in [0.5, 0.6) is 0 Å². The molecule has 0 aromatic carbocycles. The zero-order chi connectivity index (χ0) is 12.5. The highest BCUT2D eigenvalue weighted by atomic mass is 16.5. The SMILES string of the molecule is COC(=O)C1CCN(CC2CCC(C)(C)O2)C1. The Morgan fingerprint density at radius 1 is 1.47 bits per heavy atom. The van der Waals surface area contributed by atoms with Crippen LogP contribution in [0.2, 0.25) is 0 Å². The maximum Gasteiger partial charge on any atom is 0.310 e.